The fourth-order valence-electron chi connectivity index (χ4n) is 3.29. The average molecular weight is 332 g/mol. The van der Waals surface area contributed by atoms with Gasteiger partial charge < -0.3 is 14.4 Å². The molecule has 130 valence electrons. The second-order valence-corrected chi connectivity index (χ2v) is 7.09. The molecule has 6 heteroatoms. The molecule has 0 aromatic heterocycles. The van der Waals surface area contributed by atoms with Gasteiger partial charge in [0.2, 0.25) is 0 Å². The zero-order valence-electron chi connectivity index (χ0n) is 14.6. The predicted octanol–water partition coefficient (Wildman–Crippen LogP) is 2.67. The maximum absolute atomic E-state index is 12.2. The number of benzene rings is 1. The van der Waals surface area contributed by atoms with Gasteiger partial charge in [-0.25, -0.2) is 9.59 Å². The number of cyclic esters (lactones) is 2. The van der Waals surface area contributed by atoms with Gasteiger partial charge in [-0.15, -0.1) is 0 Å². The molecule has 3 rings (SSSR count). The minimum absolute atomic E-state index is 0.0769. The summed E-state index contributed by atoms with van der Waals surface area (Å²) in [5, 5.41) is 0. The van der Waals surface area contributed by atoms with E-state index in [0.717, 1.165) is 5.56 Å². The highest BCUT2D eigenvalue weighted by molar-refractivity contribution is 5.72. The van der Waals surface area contributed by atoms with Gasteiger partial charge >= 0.3 is 12.2 Å². The number of hydrogen-bond acceptors (Lipinski definition) is 4. The van der Waals surface area contributed by atoms with Gasteiger partial charge in [0.1, 0.15) is 11.7 Å². The molecule has 1 unspecified atom stereocenters. The van der Waals surface area contributed by atoms with Crippen LogP contribution in [0.5, 0.6) is 0 Å². The predicted molar refractivity (Wildman–Crippen MR) is 88.7 cm³/mol. The summed E-state index contributed by atoms with van der Waals surface area (Å²) in [5.41, 5.74) is 0.593. The highest BCUT2D eigenvalue weighted by Gasteiger charge is 2.48. The van der Waals surface area contributed by atoms with Gasteiger partial charge in [0, 0.05) is 7.05 Å². The summed E-state index contributed by atoms with van der Waals surface area (Å²) in [4.78, 5) is 27.5. The molecule has 0 aliphatic carbocycles. The van der Waals surface area contributed by atoms with Crippen molar-refractivity contribution in [2.75, 3.05) is 13.6 Å². The highest BCUT2D eigenvalue weighted by Crippen LogP contribution is 2.31. The Morgan fingerprint density at radius 3 is 2.38 bits per heavy atom. The van der Waals surface area contributed by atoms with Gasteiger partial charge in [-0.2, -0.15) is 0 Å². The van der Waals surface area contributed by atoms with Crippen LogP contribution in [0, 0.1) is 0 Å². The molecule has 24 heavy (non-hydrogen) atoms. The lowest BCUT2D eigenvalue weighted by molar-refractivity contribution is 0.0710. The molecule has 2 aliphatic rings. The lowest BCUT2D eigenvalue weighted by atomic mass is 9.98. The summed E-state index contributed by atoms with van der Waals surface area (Å²) in [7, 11) is 1.74. The summed E-state index contributed by atoms with van der Waals surface area (Å²) < 4.78 is 10.9. The third kappa shape index (κ3) is 2.92. The van der Waals surface area contributed by atoms with E-state index in [2.05, 4.69) is 0 Å². The van der Waals surface area contributed by atoms with Crippen LogP contribution in [0.2, 0.25) is 0 Å². The number of carbonyl (C=O) groups excluding carboxylic acids is 2. The van der Waals surface area contributed by atoms with Crippen LogP contribution in [0.4, 0.5) is 9.59 Å². The van der Waals surface area contributed by atoms with E-state index in [9.17, 15) is 9.59 Å². The van der Waals surface area contributed by atoms with Gasteiger partial charge in [0.25, 0.3) is 0 Å². The van der Waals surface area contributed by atoms with Gasteiger partial charge in [0.15, 0.2) is 0 Å². The number of hydrogen-bond donors (Lipinski definition) is 0. The first-order valence-electron chi connectivity index (χ1n) is 8.26. The van der Waals surface area contributed by atoms with Crippen molar-refractivity contribution in [3.8, 4) is 0 Å². The SMILES string of the molecule is C[C@@H]1N(CC2OC(=O)N(C)[C@H]2Cc2ccccc2)C(=O)OC1(C)C. The summed E-state index contributed by atoms with van der Waals surface area (Å²) >= 11 is 0. The van der Waals surface area contributed by atoms with Crippen LogP contribution in [-0.2, 0) is 15.9 Å². The van der Waals surface area contributed by atoms with E-state index >= 15 is 0 Å². The van der Waals surface area contributed by atoms with Crippen LogP contribution in [0.1, 0.15) is 26.3 Å². The Labute approximate surface area is 142 Å². The van der Waals surface area contributed by atoms with Crippen molar-refractivity contribution in [3.05, 3.63) is 35.9 Å². The van der Waals surface area contributed by atoms with Crippen LogP contribution in [0.3, 0.4) is 0 Å². The van der Waals surface area contributed by atoms with E-state index in [1.807, 2.05) is 51.1 Å². The molecule has 1 aromatic carbocycles. The lowest BCUT2D eigenvalue weighted by Gasteiger charge is -2.28. The average Bonchev–Trinajstić information content (AvgIpc) is 2.90. The molecule has 0 N–H and O–H groups in total. The Morgan fingerprint density at radius 2 is 1.79 bits per heavy atom. The van der Waals surface area contributed by atoms with Crippen LogP contribution in [-0.4, -0.2) is 59.4 Å². The monoisotopic (exact) mass is 332 g/mol. The molecular formula is C18H24N2O4. The molecule has 2 amide bonds. The highest BCUT2D eigenvalue weighted by atomic mass is 16.6. The molecular weight excluding hydrogens is 308 g/mol. The van der Waals surface area contributed by atoms with Gasteiger partial charge in [-0.3, -0.25) is 4.90 Å². The first kappa shape index (κ1) is 16.6. The van der Waals surface area contributed by atoms with E-state index in [1.165, 1.54) is 0 Å². The third-order valence-electron chi connectivity index (χ3n) is 5.19. The van der Waals surface area contributed by atoms with Crippen molar-refractivity contribution in [3.63, 3.8) is 0 Å². The summed E-state index contributed by atoms with van der Waals surface area (Å²) in [5.74, 6) is 0. The van der Waals surface area contributed by atoms with Crippen LogP contribution < -0.4 is 0 Å². The second-order valence-electron chi connectivity index (χ2n) is 7.09. The van der Waals surface area contributed by atoms with Crippen LogP contribution in [0.15, 0.2) is 30.3 Å². The number of likely N-dealkylation sites (N-methyl/N-ethyl adjacent to an activating group) is 1. The summed E-state index contributed by atoms with van der Waals surface area (Å²) in [6.07, 6.45) is -0.377. The first-order chi connectivity index (χ1) is 11.3. The minimum atomic E-state index is -0.541. The first-order valence-corrected chi connectivity index (χ1v) is 8.26. The van der Waals surface area contributed by atoms with E-state index in [1.54, 1.807) is 16.8 Å². The molecule has 2 heterocycles. The summed E-state index contributed by atoms with van der Waals surface area (Å²) in [6, 6.07) is 9.79. The van der Waals surface area contributed by atoms with Gasteiger partial charge in [-0.05, 0) is 32.8 Å². The smallest absolute Gasteiger partial charge is 0.410 e. The van der Waals surface area contributed by atoms with E-state index in [0.29, 0.717) is 13.0 Å². The molecule has 2 saturated heterocycles. The number of amides is 2. The summed E-state index contributed by atoms with van der Waals surface area (Å²) in [6.45, 7) is 6.09. The van der Waals surface area contributed by atoms with E-state index in [4.69, 9.17) is 9.47 Å². The van der Waals surface area contributed by atoms with E-state index in [-0.39, 0.29) is 30.4 Å². The number of nitrogens with zero attached hydrogens (tertiary/aromatic N) is 2. The Morgan fingerprint density at radius 1 is 1.12 bits per heavy atom. The van der Waals surface area contributed by atoms with E-state index < -0.39 is 5.60 Å². The molecule has 2 aliphatic heterocycles. The van der Waals surface area contributed by atoms with Crippen molar-refractivity contribution in [2.45, 2.75) is 51.0 Å². The molecule has 3 atom stereocenters. The van der Waals surface area contributed by atoms with Crippen LogP contribution >= 0.6 is 0 Å². The molecule has 2 fully saturated rings. The zero-order valence-corrected chi connectivity index (χ0v) is 14.6. The van der Waals surface area contributed by atoms with Crippen molar-refractivity contribution in [1.82, 2.24) is 9.80 Å². The number of rotatable bonds is 4. The number of carbonyl (C=O) groups is 2. The lowest BCUT2D eigenvalue weighted by Crippen LogP contribution is -2.46. The Kier molecular flexibility index (Phi) is 4.15. The van der Waals surface area contributed by atoms with Crippen molar-refractivity contribution < 1.29 is 19.1 Å². The molecule has 0 bridgehead atoms. The normalized spacial score (nSPS) is 28.9. The fourth-order valence-corrected chi connectivity index (χ4v) is 3.29. The second kappa shape index (κ2) is 6.00. The van der Waals surface area contributed by atoms with Crippen molar-refractivity contribution >= 4 is 12.2 Å². The zero-order chi connectivity index (χ0) is 17.5. The molecule has 1 aromatic rings. The van der Waals surface area contributed by atoms with Crippen molar-refractivity contribution in [1.29, 1.82) is 0 Å². The maximum Gasteiger partial charge on any atom is 0.410 e. The molecule has 0 saturated carbocycles. The maximum atomic E-state index is 12.2. The van der Waals surface area contributed by atoms with Gasteiger partial charge in [0.05, 0.1) is 18.6 Å². The standard InChI is InChI=1S/C18H24N2O4/c1-12-18(2,3)24-17(22)20(12)11-15-14(19(4)16(21)23-15)10-13-8-6-5-7-9-13/h5-9,12,14-15H,10-11H2,1-4H3/t12-,14-,15?/m0/s1. The molecule has 6 nitrogen and oxygen atoms in total. The van der Waals surface area contributed by atoms with Crippen molar-refractivity contribution in [2.24, 2.45) is 0 Å². The Bertz CT molecular complexity index is 631. The molecule has 0 radical (unpaired) electrons. The quantitative estimate of drug-likeness (QED) is 0.850. The van der Waals surface area contributed by atoms with Gasteiger partial charge in [-0.1, -0.05) is 30.3 Å². The fraction of sp³-hybridized carbons (Fsp3) is 0.556. The molecule has 0 spiro atoms. The number of ether oxygens (including phenoxy) is 2. The third-order valence-corrected chi connectivity index (χ3v) is 5.19. The minimum Gasteiger partial charge on any atom is -0.442 e. The Balaban J connectivity index is 1.76. The largest absolute Gasteiger partial charge is 0.442 e. The Hall–Kier alpha value is -2.24. The topological polar surface area (TPSA) is 59.1 Å². The van der Waals surface area contributed by atoms with Crippen LogP contribution in [0.25, 0.3) is 0 Å².